The van der Waals surface area contributed by atoms with Gasteiger partial charge in [0.25, 0.3) is 5.91 Å². The lowest BCUT2D eigenvalue weighted by molar-refractivity contribution is -0.153. The number of amides is 2. The number of piperazine rings is 1. The summed E-state index contributed by atoms with van der Waals surface area (Å²) in [6, 6.07) is 3.21. The first-order valence-electron chi connectivity index (χ1n) is 11.9. The lowest BCUT2D eigenvalue weighted by Crippen LogP contribution is -2.49. The molecule has 0 bridgehead atoms. The topological polar surface area (TPSA) is 96.8 Å². The summed E-state index contributed by atoms with van der Waals surface area (Å²) in [7, 11) is 1.27. The number of aromatic nitrogens is 2. The van der Waals surface area contributed by atoms with Crippen molar-refractivity contribution in [2.45, 2.75) is 25.6 Å². The number of anilines is 1. The van der Waals surface area contributed by atoms with Crippen molar-refractivity contribution in [3.63, 3.8) is 0 Å². The van der Waals surface area contributed by atoms with Crippen LogP contribution in [0.1, 0.15) is 23.7 Å². The second kappa shape index (κ2) is 10.9. The zero-order chi connectivity index (χ0) is 28.5. The molecule has 1 fully saturated rings. The van der Waals surface area contributed by atoms with E-state index in [1.165, 1.54) is 31.1 Å². The molecule has 1 aliphatic heterocycles. The Hall–Kier alpha value is -4.23. The molecule has 3 heterocycles. The Bertz CT molecular complexity index is 1470. The van der Waals surface area contributed by atoms with E-state index < -0.39 is 53.3 Å². The normalized spacial score (nSPS) is 14.8. The first-order valence-corrected chi connectivity index (χ1v) is 11.9. The van der Waals surface area contributed by atoms with E-state index in [2.05, 4.69) is 4.98 Å². The predicted molar refractivity (Wildman–Crippen MR) is 131 cm³/mol. The molecular formula is C25H24F5N5O4. The molecule has 1 unspecified atom stereocenters. The maximum Gasteiger partial charge on any atom is 0.409 e. The van der Waals surface area contributed by atoms with Crippen molar-refractivity contribution in [3.8, 4) is 5.69 Å². The van der Waals surface area contributed by atoms with Crippen molar-refractivity contribution in [2.24, 2.45) is 0 Å². The van der Waals surface area contributed by atoms with Crippen LogP contribution in [0.4, 0.5) is 32.6 Å². The maximum atomic E-state index is 14.9. The third-order valence-corrected chi connectivity index (χ3v) is 6.40. The molecule has 1 aliphatic rings. The van der Waals surface area contributed by atoms with E-state index >= 15 is 0 Å². The van der Waals surface area contributed by atoms with Crippen molar-refractivity contribution >= 4 is 28.9 Å². The van der Waals surface area contributed by atoms with Crippen molar-refractivity contribution in [1.82, 2.24) is 19.8 Å². The van der Waals surface area contributed by atoms with E-state index in [0.717, 1.165) is 22.9 Å². The first-order chi connectivity index (χ1) is 18.4. The highest BCUT2D eigenvalue weighted by Gasteiger charge is 2.39. The smallest absolute Gasteiger partial charge is 0.409 e. The maximum absolute atomic E-state index is 14.9. The molecule has 0 spiro atoms. The number of halogens is 5. The van der Waals surface area contributed by atoms with Crippen LogP contribution >= 0.6 is 0 Å². The molecule has 1 aromatic carbocycles. The summed E-state index contributed by atoms with van der Waals surface area (Å²) >= 11 is 0. The molecule has 0 radical (unpaired) electrons. The molecule has 39 heavy (non-hydrogen) atoms. The van der Waals surface area contributed by atoms with Gasteiger partial charge in [-0.1, -0.05) is 6.92 Å². The van der Waals surface area contributed by atoms with Crippen molar-refractivity contribution in [2.75, 3.05) is 38.2 Å². The molecule has 1 atom stereocenters. The molecule has 1 N–H and O–H groups in total. The van der Waals surface area contributed by atoms with E-state index in [0.29, 0.717) is 38.1 Å². The Morgan fingerprint density at radius 3 is 2.38 bits per heavy atom. The number of benzene rings is 1. The summed E-state index contributed by atoms with van der Waals surface area (Å²) in [6.45, 7) is 2.59. The molecular weight excluding hydrogens is 529 g/mol. The number of carbonyl (C=O) groups is 2. The van der Waals surface area contributed by atoms with Crippen molar-refractivity contribution < 1.29 is 36.3 Å². The van der Waals surface area contributed by atoms with Crippen LogP contribution in [0.2, 0.25) is 0 Å². The fourth-order valence-corrected chi connectivity index (χ4v) is 4.29. The fraction of sp³-hybridized carbons (Fsp3) is 0.360. The molecule has 9 nitrogen and oxygen atoms in total. The Morgan fingerprint density at radius 1 is 1.10 bits per heavy atom. The van der Waals surface area contributed by atoms with Crippen LogP contribution in [0.25, 0.3) is 16.7 Å². The summed E-state index contributed by atoms with van der Waals surface area (Å²) in [5, 5.41) is 1.65. The van der Waals surface area contributed by atoms with Gasteiger partial charge in [-0.15, -0.1) is 0 Å². The average Bonchev–Trinajstić information content (AvgIpc) is 2.91. The van der Waals surface area contributed by atoms with Crippen LogP contribution in [0, 0.1) is 11.6 Å². The summed E-state index contributed by atoms with van der Waals surface area (Å²) in [4.78, 5) is 45.6. The van der Waals surface area contributed by atoms with Crippen LogP contribution < -0.4 is 15.6 Å². The number of alkyl halides is 3. The number of ether oxygens (including phenoxy) is 1. The lowest BCUT2D eigenvalue weighted by atomic mass is 10.1. The van der Waals surface area contributed by atoms with Gasteiger partial charge in [0, 0.05) is 38.4 Å². The molecule has 2 amide bonds. The van der Waals surface area contributed by atoms with E-state index in [1.807, 2.05) is 10.2 Å². The van der Waals surface area contributed by atoms with Gasteiger partial charge in [-0.2, -0.15) is 13.2 Å². The van der Waals surface area contributed by atoms with Gasteiger partial charge in [-0.3, -0.25) is 14.2 Å². The quantitative estimate of drug-likeness (QED) is 0.485. The molecule has 3 aromatic rings. The van der Waals surface area contributed by atoms with E-state index in [4.69, 9.17) is 4.74 Å². The van der Waals surface area contributed by atoms with Gasteiger partial charge in [0.1, 0.15) is 29.1 Å². The lowest BCUT2D eigenvalue weighted by Gasteiger charge is -2.34. The number of methoxy groups -OCH3 is 1. The highest BCUT2D eigenvalue weighted by atomic mass is 19.4. The van der Waals surface area contributed by atoms with Gasteiger partial charge < -0.3 is 19.9 Å². The first kappa shape index (κ1) is 27.8. The summed E-state index contributed by atoms with van der Waals surface area (Å²) < 4.78 is 74.0. The third-order valence-electron chi connectivity index (χ3n) is 6.40. The number of pyridine rings is 2. The average molecular weight is 553 g/mol. The minimum Gasteiger partial charge on any atom is -0.453 e. The third kappa shape index (κ3) is 5.64. The second-order valence-corrected chi connectivity index (χ2v) is 8.80. The minimum atomic E-state index is -4.75. The Morgan fingerprint density at radius 2 is 1.79 bits per heavy atom. The summed E-state index contributed by atoms with van der Waals surface area (Å²) in [6.07, 6.45) is -4.82. The largest absolute Gasteiger partial charge is 0.453 e. The van der Waals surface area contributed by atoms with Gasteiger partial charge in [0.05, 0.1) is 18.2 Å². The number of nitrogens with zero attached hydrogens (tertiary/aromatic N) is 4. The van der Waals surface area contributed by atoms with Crippen LogP contribution in [-0.2, 0) is 4.74 Å². The predicted octanol–water partition coefficient (Wildman–Crippen LogP) is 3.62. The van der Waals surface area contributed by atoms with Gasteiger partial charge in [0.15, 0.2) is 5.65 Å². The Kier molecular flexibility index (Phi) is 7.74. The van der Waals surface area contributed by atoms with Gasteiger partial charge >= 0.3 is 12.3 Å². The number of carbonyl (C=O) groups excluding carboxylic acids is 2. The number of rotatable bonds is 5. The second-order valence-electron chi connectivity index (χ2n) is 8.80. The van der Waals surface area contributed by atoms with Gasteiger partial charge in [-0.05, 0) is 30.7 Å². The van der Waals surface area contributed by atoms with Crippen LogP contribution in [0.5, 0.6) is 0 Å². The zero-order valence-electron chi connectivity index (χ0n) is 20.9. The summed E-state index contributed by atoms with van der Waals surface area (Å²) in [5.74, 6) is -2.87. The van der Waals surface area contributed by atoms with E-state index in [1.54, 1.807) is 0 Å². The monoisotopic (exact) mass is 553 g/mol. The number of hydrogen-bond donors (Lipinski definition) is 1. The standard InChI is InChI=1S/C25H24F5N5O4/c1-3-19(25(28,29)30)31-23(37)16-13-35(18-6-4-14(26)12-17(18)27)22-15(21(16)36)5-7-20(32-22)33-8-10-34(11-9-33)24(38)39-2/h4-7,12-13,19H,3,8-11H2,1-2H3,(H,31,37). The van der Waals surface area contributed by atoms with E-state index in [-0.39, 0.29) is 16.7 Å². The minimum absolute atomic E-state index is 0.0992. The summed E-state index contributed by atoms with van der Waals surface area (Å²) in [5.41, 5.74) is -1.96. The molecule has 1 saturated heterocycles. The Balaban J connectivity index is 1.82. The van der Waals surface area contributed by atoms with Gasteiger partial charge in [0.2, 0.25) is 5.43 Å². The number of fused-ring (bicyclic) bond motifs is 1. The van der Waals surface area contributed by atoms with Crippen LogP contribution in [-0.4, -0.2) is 72.0 Å². The molecule has 0 saturated carbocycles. The molecule has 0 aliphatic carbocycles. The zero-order valence-corrected chi connectivity index (χ0v) is 20.9. The molecule has 4 rings (SSSR count). The number of nitrogens with one attached hydrogen (secondary N) is 1. The van der Waals surface area contributed by atoms with Crippen molar-refractivity contribution in [3.05, 3.63) is 63.9 Å². The van der Waals surface area contributed by atoms with Crippen molar-refractivity contribution in [1.29, 1.82) is 0 Å². The van der Waals surface area contributed by atoms with Gasteiger partial charge in [-0.25, -0.2) is 18.6 Å². The van der Waals surface area contributed by atoms with Crippen LogP contribution in [0.3, 0.4) is 0 Å². The Labute approximate surface area is 218 Å². The highest BCUT2D eigenvalue weighted by Crippen LogP contribution is 2.25. The molecule has 14 heteroatoms. The molecule has 2 aromatic heterocycles. The highest BCUT2D eigenvalue weighted by molar-refractivity contribution is 5.97. The SMILES string of the molecule is CCC(NC(=O)c1cn(-c2ccc(F)cc2F)c2nc(N3CCN(C(=O)OC)CC3)ccc2c1=O)C(F)(F)F. The number of hydrogen-bond acceptors (Lipinski definition) is 6. The van der Waals surface area contributed by atoms with E-state index in [9.17, 15) is 36.3 Å². The molecule has 208 valence electrons. The van der Waals surface area contributed by atoms with Crippen LogP contribution in [0.15, 0.2) is 41.3 Å². The fourth-order valence-electron chi connectivity index (χ4n) is 4.29.